The molecule has 0 aromatic rings. The van der Waals surface area contributed by atoms with Crippen LogP contribution >= 0.6 is 0 Å². The van der Waals surface area contributed by atoms with E-state index in [2.05, 4.69) is 34.6 Å². The number of ether oxygens (including phenoxy) is 3. The monoisotopic (exact) mass is 849 g/mol. The van der Waals surface area contributed by atoms with E-state index in [4.69, 9.17) is 14.2 Å². The second-order valence-corrected chi connectivity index (χ2v) is 19.5. The second kappa shape index (κ2) is 46.9. The quantitative estimate of drug-likeness (QED) is 0.0345. The number of carbonyl (C=O) groups is 3. The zero-order valence-corrected chi connectivity index (χ0v) is 41.1. The van der Waals surface area contributed by atoms with Crippen LogP contribution in [0.5, 0.6) is 0 Å². The molecule has 0 aromatic heterocycles. The topological polar surface area (TPSA) is 78.9 Å². The van der Waals surface area contributed by atoms with E-state index in [1.54, 1.807) is 0 Å². The molecular formula is C54H104O6. The SMILES string of the molecule is CCCCCCCCCCCC(=O)OC[C@@H](COC(=O)CCCCCCCCCCCCCC(C)C)OC(=O)CCCCCCCCCCCCCCCCCCC(C)C. The third-order valence-corrected chi connectivity index (χ3v) is 12.2. The van der Waals surface area contributed by atoms with Gasteiger partial charge in [0.2, 0.25) is 0 Å². The molecule has 0 saturated heterocycles. The Hall–Kier alpha value is -1.59. The van der Waals surface area contributed by atoms with Gasteiger partial charge >= 0.3 is 17.9 Å². The molecule has 0 rings (SSSR count). The summed E-state index contributed by atoms with van der Waals surface area (Å²) in [6, 6.07) is 0. The maximum Gasteiger partial charge on any atom is 0.306 e. The lowest BCUT2D eigenvalue weighted by molar-refractivity contribution is -0.167. The Morgan fingerprint density at radius 1 is 0.317 bits per heavy atom. The van der Waals surface area contributed by atoms with E-state index in [0.717, 1.165) is 69.6 Å². The van der Waals surface area contributed by atoms with Crippen molar-refractivity contribution in [2.24, 2.45) is 11.8 Å². The highest BCUT2D eigenvalue weighted by atomic mass is 16.6. The van der Waals surface area contributed by atoms with Gasteiger partial charge in [-0.05, 0) is 31.1 Å². The Kier molecular flexibility index (Phi) is 45.7. The minimum absolute atomic E-state index is 0.0636. The smallest absolute Gasteiger partial charge is 0.306 e. The number of unbranched alkanes of at least 4 members (excludes halogenated alkanes) is 33. The summed E-state index contributed by atoms with van der Waals surface area (Å²) < 4.78 is 16.8. The minimum Gasteiger partial charge on any atom is -0.462 e. The molecule has 0 aliphatic heterocycles. The largest absolute Gasteiger partial charge is 0.462 e. The van der Waals surface area contributed by atoms with E-state index >= 15 is 0 Å². The van der Waals surface area contributed by atoms with E-state index in [9.17, 15) is 14.4 Å². The minimum atomic E-state index is -0.761. The van der Waals surface area contributed by atoms with Gasteiger partial charge in [-0.15, -0.1) is 0 Å². The molecule has 0 N–H and O–H groups in total. The van der Waals surface area contributed by atoms with Crippen molar-refractivity contribution in [3.63, 3.8) is 0 Å². The first-order valence-electron chi connectivity index (χ1n) is 26.7. The molecule has 0 radical (unpaired) electrons. The molecule has 6 heteroatoms. The van der Waals surface area contributed by atoms with Crippen LogP contribution in [0, 0.1) is 11.8 Å². The molecule has 0 saturated carbocycles. The van der Waals surface area contributed by atoms with Crippen LogP contribution in [-0.4, -0.2) is 37.2 Å². The lowest BCUT2D eigenvalue weighted by Crippen LogP contribution is -2.30. The van der Waals surface area contributed by atoms with Crippen LogP contribution in [0.2, 0.25) is 0 Å². The summed E-state index contributed by atoms with van der Waals surface area (Å²) in [5.74, 6) is 0.831. The number of rotatable bonds is 48. The fourth-order valence-corrected chi connectivity index (χ4v) is 8.17. The van der Waals surface area contributed by atoms with Crippen molar-refractivity contribution in [1.82, 2.24) is 0 Å². The summed E-state index contributed by atoms with van der Waals surface area (Å²) in [4.78, 5) is 37.9. The molecule has 0 aromatic carbocycles. The predicted molar refractivity (Wildman–Crippen MR) is 256 cm³/mol. The fraction of sp³-hybridized carbons (Fsp3) is 0.944. The molecular weight excluding hydrogens is 745 g/mol. The van der Waals surface area contributed by atoms with Crippen LogP contribution in [0.3, 0.4) is 0 Å². The zero-order chi connectivity index (χ0) is 44.0. The third kappa shape index (κ3) is 47.5. The average molecular weight is 849 g/mol. The highest BCUT2D eigenvalue weighted by Gasteiger charge is 2.19. The molecule has 0 heterocycles. The lowest BCUT2D eigenvalue weighted by Gasteiger charge is -2.18. The van der Waals surface area contributed by atoms with Gasteiger partial charge in [0.1, 0.15) is 13.2 Å². The number of carbonyl (C=O) groups excluding carboxylic acids is 3. The number of hydrogen-bond acceptors (Lipinski definition) is 6. The van der Waals surface area contributed by atoms with E-state index in [-0.39, 0.29) is 31.1 Å². The molecule has 356 valence electrons. The van der Waals surface area contributed by atoms with Crippen molar-refractivity contribution in [3.05, 3.63) is 0 Å². The van der Waals surface area contributed by atoms with Gasteiger partial charge in [0.05, 0.1) is 0 Å². The number of esters is 3. The molecule has 0 amide bonds. The molecule has 0 aliphatic carbocycles. The van der Waals surface area contributed by atoms with Crippen LogP contribution in [-0.2, 0) is 28.6 Å². The first-order chi connectivity index (χ1) is 29.2. The summed E-state index contributed by atoms with van der Waals surface area (Å²) in [5.41, 5.74) is 0. The summed E-state index contributed by atoms with van der Waals surface area (Å²) in [7, 11) is 0. The molecule has 0 bridgehead atoms. The highest BCUT2D eigenvalue weighted by molar-refractivity contribution is 5.71. The van der Waals surface area contributed by atoms with E-state index < -0.39 is 6.10 Å². The molecule has 0 spiro atoms. The van der Waals surface area contributed by atoms with Gasteiger partial charge in [-0.1, -0.05) is 259 Å². The summed E-state index contributed by atoms with van der Waals surface area (Å²) in [5, 5.41) is 0. The van der Waals surface area contributed by atoms with Crippen LogP contribution < -0.4 is 0 Å². The lowest BCUT2D eigenvalue weighted by atomic mass is 10.0. The predicted octanol–water partition coefficient (Wildman–Crippen LogP) is 17.3. The van der Waals surface area contributed by atoms with Crippen LogP contribution in [0.15, 0.2) is 0 Å². The maximum absolute atomic E-state index is 12.8. The first-order valence-corrected chi connectivity index (χ1v) is 26.7. The highest BCUT2D eigenvalue weighted by Crippen LogP contribution is 2.18. The third-order valence-electron chi connectivity index (χ3n) is 12.2. The van der Waals surface area contributed by atoms with Gasteiger partial charge in [-0.2, -0.15) is 0 Å². The maximum atomic E-state index is 12.8. The molecule has 6 nitrogen and oxygen atoms in total. The normalized spacial score (nSPS) is 12.1. The van der Waals surface area contributed by atoms with Gasteiger partial charge in [-0.25, -0.2) is 0 Å². The van der Waals surface area contributed by atoms with Crippen molar-refractivity contribution < 1.29 is 28.6 Å². The first kappa shape index (κ1) is 58.4. The van der Waals surface area contributed by atoms with Gasteiger partial charge in [0, 0.05) is 19.3 Å². The fourth-order valence-electron chi connectivity index (χ4n) is 8.17. The van der Waals surface area contributed by atoms with Crippen molar-refractivity contribution in [3.8, 4) is 0 Å². The van der Waals surface area contributed by atoms with Gasteiger partial charge < -0.3 is 14.2 Å². The molecule has 1 atom stereocenters. The van der Waals surface area contributed by atoms with E-state index in [1.807, 2.05) is 0 Å². The van der Waals surface area contributed by atoms with Gasteiger partial charge in [0.15, 0.2) is 6.10 Å². The zero-order valence-electron chi connectivity index (χ0n) is 41.1. The Bertz CT molecular complexity index is 916. The van der Waals surface area contributed by atoms with Crippen LogP contribution in [0.25, 0.3) is 0 Å². The second-order valence-electron chi connectivity index (χ2n) is 19.5. The Labute approximate surface area is 374 Å². The Balaban J connectivity index is 4.24. The Morgan fingerprint density at radius 2 is 0.550 bits per heavy atom. The molecule has 0 aliphatic rings. The molecule has 0 fully saturated rings. The summed E-state index contributed by atoms with van der Waals surface area (Å²) >= 11 is 0. The van der Waals surface area contributed by atoms with Gasteiger partial charge in [-0.3, -0.25) is 14.4 Å². The van der Waals surface area contributed by atoms with E-state index in [0.29, 0.717) is 19.3 Å². The van der Waals surface area contributed by atoms with Crippen molar-refractivity contribution in [1.29, 1.82) is 0 Å². The van der Waals surface area contributed by atoms with Crippen molar-refractivity contribution in [2.45, 2.75) is 304 Å². The van der Waals surface area contributed by atoms with Crippen molar-refractivity contribution >= 4 is 17.9 Å². The standard InChI is InChI=1S/C54H104O6/c1-6-7-8-9-10-22-29-34-39-44-52(55)58-47-51(48-59-53(56)45-40-35-30-25-21-17-19-24-28-33-38-43-50(4)5)60-54(57)46-41-36-31-26-20-16-14-12-11-13-15-18-23-27-32-37-42-49(2)3/h49-51H,6-48H2,1-5H3/t51-/m0/s1. The summed E-state index contributed by atoms with van der Waals surface area (Å²) in [6.07, 6.45) is 48.1. The van der Waals surface area contributed by atoms with Gasteiger partial charge in [0.25, 0.3) is 0 Å². The van der Waals surface area contributed by atoms with E-state index in [1.165, 1.54) is 186 Å². The average Bonchev–Trinajstić information content (AvgIpc) is 3.22. The summed E-state index contributed by atoms with van der Waals surface area (Å²) in [6.45, 7) is 11.4. The van der Waals surface area contributed by atoms with Crippen LogP contribution in [0.1, 0.15) is 298 Å². The number of hydrogen-bond donors (Lipinski definition) is 0. The van der Waals surface area contributed by atoms with Crippen LogP contribution in [0.4, 0.5) is 0 Å². The van der Waals surface area contributed by atoms with Crippen molar-refractivity contribution in [2.75, 3.05) is 13.2 Å². The Morgan fingerprint density at radius 3 is 0.817 bits per heavy atom. The molecule has 60 heavy (non-hydrogen) atoms. The molecule has 0 unspecified atom stereocenters.